The fraction of sp³-hybridized carbons (Fsp3) is 0.250. The Bertz CT molecular complexity index is 2860. The Morgan fingerprint density at radius 2 is 0.861 bits per heavy atom. The van der Waals surface area contributed by atoms with Gasteiger partial charge in [0.05, 0.1) is 56.6 Å². The second kappa shape index (κ2) is 26.2. The van der Waals surface area contributed by atoms with E-state index in [-0.39, 0.29) is 39.3 Å². The maximum Gasteiger partial charge on any atom is 0.303 e. The molecule has 0 atom stereocenters. The standard InChI is InChI=1S/C56H50Cl2N6O8/c1-35-43(33-71-53-23-51(45(21-49(53)57)29-63-13-5-11-55(65)66)69-31-41-17-37(25-59)15-38(18-41)26-60)7-3-9-47(35)48-10-4-8-44(36(48)2)34-72-54-24-52(46(22-50(54)58)30-64-14-6-12-56(67)68)70-32-42-19-39(27-61)16-40(20-42)28-62/h3-4,7-10,15-24,63-64H,5-6,11-14,29-34H2,1-2H3,(H,65,66)(H,67,68). The van der Waals surface area contributed by atoms with Crippen molar-refractivity contribution in [2.45, 2.75) is 79.0 Å². The van der Waals surface area contributed by atoms with Gasteiger partial charge in [-0.1, -0.05) is 59.6 Å². The second-order valence-corrected chi connectivity index (χ2v) is 17.6. The van der Waals surface area contributed by atoms with Crippen molar-refractivity contribution in [1.82, 2.24) is 10.6 Å². The highest BCUT2D eigenvalue weighted by molar-refractivity contribution is 6.32. The third kappa shape index (κ3) is 15.0. The zero-order valence-corrected chi connectivity index (χ0v) is 41.1. The fourth-order valence-corrected chi connectivity index (χ4v) is 8.28. The van der Waals surface area contributed by atoms with E-state index in [1.807, 2.05) is 50.2 Å². The number of halogens is 2. The Labute approximate surface area is 428 Å². The number of carboxylic acids is 2. The summed E-state index contributed by atoms with van der Waals surface area (Å²) in [5, 5.41) is 63.3. The highest BCUT2D eigenvalue weighted by atomic mass is 35.5. The molecule has 16 heteroatoms. The molecule has 0 aliphatic carbocycles. The molecule has 6 rings (SSSR count). The molecule has 4 N–H and O–H groups in total. The zero-order chi connectivity index (χ0) is 51.6. The maximum atomic E-state index is 11.0. The Morgan fingerprint density at radius 3 is 1.21 bits per heavy atom. The topological polar surface area (TPSA) is 231 Å². The van der Waals surface area contributed by atoms with Crippen LogP contribution in [0.2, 0.25) is 10.0 Å². The van der Waals surface area contributed by atoms with Gasteiger partial charge in [-0.15, -0.1) is 0 Å². The summed E-state index contributed by atoms with van der Waals surface area (Å²) in [7, 11) is 0. The van der Waals surface area contributed by atoms with E-state index in [4.69, 9.17) is 52.4 Å². The van der Waals surface area contributed by atoms with Crippen LogP contribution in [0.15, 0.2) is 97.1 Å². The summed E-state index contributed by atoms with van der Waals surface area (Å²) in [4.78, 5) is 22.1. The smallest absolute Gasteiger partial charge is 0.303 e. The number of benzene rings is 6. The van der Waals surface area contributed by atoms with Gasteiger partial charge in [0.15, 0.2) is 0 Å². The molecule has 0 saturated carbocycles. The molecule has 0 aliphatic rings. The lowest BCUT2D eigenvalue weighted by Crippen LogP contribution is -2.16. The number of nitrogens with one attached hydrogen (secondary N) is 2. The van der Waals surface area contributed by atoms with E-state index in [0.29, 0.717) is 117 Å². The third-order valence-corrected chi connectivity index (χ3v) is 12.2. The van der Waals surface area contributed by atoms with E-state index in [1.165, 1.54) is 12.1 Å². The number of carbonyl (C=O) groups is 2. The number of rotatable bonds is 25. The molecule has 0 spiro atoms. The molecule has 6 aromatic rings. The van der Waals surface area contributed by atoms with Crippen LogP contribution >= 0.6 is 23.2 Å². The molecule has 0 saturated heterocycles. The van der Waals surface area contributed by atoms with Crippen LogP contribution in [0.3, 0.4) is 0 Å². The molecular weight excluding hydrogens is 956 g/mol. The van der Waals surface area contributed by atoms with Gasteiger partial charge < -0.3 is 39.8 Å². The zero-order valence-electron chi connectivity index (χ0n) is 39.6. The van der Waals surface area contributed by atoms with Crippen LogP contribution in [0.1, 0.15) is 92.4 Å². The summed E-state index contributed by atoms with van der Waals surface area (Å²) in [6, 6.07) is 36.8. The van der Waals surface area contributed by atoms with Crippen molar-refractivity contribution in [1.29, 1.82) is 21.0 Å². The van der Waals surface area contributed by atoms with Crippen LogP contribution in [-0.4, -0.2) is 35.2 Å². The van der Waals surface area contributed by atoms with Gasteiger partial charge in [0.1, 0.15) is 49.4 Å². The maximum absolute atomic E-state index is 11.0. The summed E-state index contributed by atoms with van der Waals surface area (Å²) in [5.41, 5.74) is 9.78. The van der Waals surface area contributed by atoms with Crippen molar-refractivity contribution in [3.05, 3.63) is 174 Å². The second-order valence-electron chi connectivity index (χ2n) is 16.7. The highest BCUT2D eigenvalue weighted by Gasteiger charge is 2.18. The number of hydrogen-bond acceptors (Lipinski definition) is 12. The van der Waals surface area contributed by atoms with Gasteiger partial charge in [0, 0.05) is 49.2 Å². The van der Waals surface area contributed by atoms with Crippen LogP contribution in [-0.2, 0) is 49.1 Å². The van der Waals surface area contributed by atoms with Crippen LogP contribution in [0, 0.1) is 59.2 Å². The Kier molecular flexibility index (Phi) is 19.4. The number of nitriles is 4. The first kappa shape index (κ1) is 53.3. The molecular formula is C56H50Cl2N6O8. The summed E-state index contributed by atoms with van der Waals surface area (Å²) in [5.74, 6) is -0.0865. The quantitative estimate of drug-likeness (QED) is 0.0391. The minimum Gasteiger partial charge on any atom is -0.488 e. The van der Waals surface area contributed by atoms with Gasteiger partial charge in [-0.25, -0.2) is 0 Å². The number of hydrogen-bond donors (Lipinski definition) is 4. The Balaban J connectivity index is 1.19. The third-order valence-electron chi connectivity index (χ3n) is 11.6. The number of ether oxygens (including phenoxy) is 4. The first-order valence-corrected chi connectivity index (χ1v) is 23.6. The predicted molar refractivity (Wildman–Crippen MR) is 270 cm³/mol. The molecule has 0 aromatic heterocycles. The minimum absolute atomic E-state index is 0.0280. The first-order chi connectivity index (χ1) is 34.8. The highest BCUT2D eigenvalue weighted by Crippen LogP contribution is 2.37. The number of aliphatic carboxylic acids is 2. The normalized spacial score (nSPS) is 10.6. The molecule has 0 radical (unpaired) electrons. The van der Waals surface area contributed by atoms with Crippen LogP contribution in [0.4, 0.5) is 0 Å². The van der Waals surface area contributed by atoms with Gasteiger partial charge in [-0.05, 0) is 133 Å². The van der Waals surface area contributed by atoms with Crippen molar-refractivity contribution >= 4 is 35.1 Å². The van der Waals surface area contributed by atoms with E-state index < -0.39 is 11.9 Å². The van der Waals surface area contributed by atoms with Crippen molar-refractivity contribution < 1.29 is 38.7 Å². The van der Waals surface area contributed by atoms with E-state index in [0.717, 1.165) is 33.4 Å². The molecule has 0 heterocycles. The molecule has 0 unspecified atom stereocenters. The number of carboxylic acid groups (broad SMARTS) is 2. The van der Waals surface area contributed by atoms with Crippen molar-refractivity contribution in [3.63, 3.8) is 0 Å². The van der Waals surface area contributed by atoms with Crippen LogP contribution < -0.4 is 29.6 Å². The van der Waals surface area contributed by atoms with Crippen LogP contribution in [0.25, 0.3) is 11.1 Å². The van der Waals surface area contributed by atoms with Gasteiger partial charge in [-0.2, -0.15) is 21.0 Å². The summed E-state index contributed by atoms with van der Waals surface area (Å²) >= 11 is 13.7. The van der Waals surface area contributed by atoms with Gasteiger partial charge in [-0.3, -0.25) is 9.59 Å². The monoisotopic (exact) mass is 1000 g/mol. The largest absolute Gasteiger partial charge is 0.488 e. The van der Waals surface area contributed by atoms with E-state index in [1.54, 1.807) is 48.5 Å². The lowest BCUT2D eigenvalue weighted by atomic mass is 9.92. The molecule has 0 amide bonds. The summed E-state index contributed by atoms with van der Waals surface area (Å²) < 4.78 is 25.3. The van der Waals surface area contributed by atoms with E-state index in [2.05, 4.69) is 34.9 Å². The average molecular weight is 1010 g/mol. The van der Waals surface area contributed by atoms with Crippen molar-refractivity contribution in [2.75, 3.05) is 13.1 Å². The van der Waals surface area contributed by atoms with Gasteiger partial charge in [0.25, 0.3) is 0 Å². The van der Waals surface area contributed by atoms with E-state index >= 15 is 0 Å². The lowest BCUT2D eigenvalue weighted by molar-refractivity contribution is -0.138. The Morgan fingerprint density at radius 1 is 0.500 bits per heavy atom. The van der Waals surface area contributed by atoms with Crippen molar-refractivity contribution in [3.8, 4) is 58.4 Å². The summed E-state index contributed by atoms with van der Waals surface area (Å²) in [6.45, 7) is 6.07. The van der Waals surface area contributed by atoms with Crippen LogP contribution in [0.5, 0.6) is 23.0 Å². The van der Waals surface area contributed by atoms with Crippen molar-refractivity contribution in [2.24, 2.45) is 0 Å². The van der Waals surface area contributed by atoms with E-state index in [9.17, 15) is 30.6 Å². The summed E-state index contributed by atoms with van der Waals surface area (Å²) in [6.07, 6.45) is 0.927. The molecule has 0 bridgehead atoms. The average Bonchev–Trinajstić information content (AvgIpc) is 3.37. The number of nitrogens with zero attached hydrogens (tertiary/aromatic N) is 4. The van der Waals surface area contributed by atoms with Gasteiger partial charge >= 0.3 is 11.9 Å². The SMILES string of the molecule is Cc1c(COc2cc(OCc3cc(C#N)cc(C#N)c3)c(CNCCCC(=O)O)cc2Cl)cccc1-c1cccc(COc2cc(OCc3cc(C#N)cc(C#N)c3)c(CNCCCC(=O)O)cc2Cl)c1C. The molecule has 14 nitrogen and oxygen atoms in total. The molecule has 0 aliphatic heterocycles. The fourth-order valence-electron chi connectivity index (χ4n) is 7.80. The molecule has 366 valence electrons. The Hall–Kier alpha value is -8.08. The molecule has 72 heavy (non-hydrogen) atoms. The van der Waals surface area contributed by atoms with Gasteiger partial charge in [0.2, 0.25) is 0 Å². The lowest BCUT2D eigenvalue weighted by Gasteiger charge is -2.19. The molecule has 0 fully saturated rings. The minimum atomic E-state index is -0.877. The predicted octanol–water partition coefficient (Wildman–Crippen LogP) is 11.0. The first-order valence-electron chi connectivity index (χ1n) is 22.9. The molecule has 6 aromatic carbocycles.